The Bertz CT molecular complexity index is 1060. The topological polar surface area (TPSA) is 64.4 Å². The summed E-state index contributed by atoms with van der Waals surface area (Å²) in [6.07, 6.45) is 2.28. The average Bonchev–Trinajstić information content (AvgIpc) is 3.30. The second kappa shape index (κ2) is 9.26. The molecule has 0 spiro atoms. The number of piperidine rings is 1. The molecule has 1 amide bonds. The molecule has 3 aromatic rings. The molecule has 1 aliphatic heterocycles. The molecule has 1 aromatic carbocycles. The lowest BCUT2D eigenvalue weighted by Crippen LogP contribution is -2.42. The summed E-state index contributed by atoms with van der Waals surface area (Å²) in [5.74, 6) is 1.09. The molecule has 0 saturated carbocycles. The molecule has 0 N–H and O–H groups in total. The van der Waals surface area contributed by atoms with Crippen molar-refractivity contribution in [2.45, 2.75) is 25.8 Å². The molecule has 1 fully saturated rings. The average molecular weight is 424 g/mol. The van der Waals surface area contributed by atoms with Gasteiger partial charge < -0.3 is 9.64 Å². The summed E-state index contributed by atoms with van der Waals surface area (Å²) in [6.45, 7) is 1.94. The lowest BCUT2D eigenvalue weighted by molar-refractivity contribution is -0.132. The van der Waals surface area contributed by atoms with Crippen LogP contribution in [0.4, 0.5) is 0 Å². The van der Waals surface area contributed by atoms with E-state index in [0.29, 0.717) is 19.5 Å². The first-order chi connectivity index (χ1) is 14.6. The molecule has 0 unspecified atom stereocenters. The van der Waals surface area contributed by atoms with Crippen LogP contribution >= 0.6 is 11.3 Å². The predicted molar refractivity (Wildman–Crippen MR) is 118 cm³/mol. The zero-order valence-corrected chi connectivity index (χ0v) is 17.8. The van der Waals surface area contributed by atoms with Crippen LogP contribution in [-0.2, 0) is 17.8 Å². The molecule has 4 rings (SSSR count). The quantitative estimate of drug-likeness (QED) is 0.609. The molecule has 7 heteroatoms. The highest BCUT2D eigenvalue weighted by atomic mass is 32.1. The standard InChI is InChI=1S/C23H25N3O3S/c1-29-19-7-2-5-17(13-19)14-23(28)25-11-3-6-18(15-25)16-26-22(27)10-9-20(24-26)21-8-4-12-30-21/h2,4-5,7-10,12-13,18H,3,6,11,14-16H2,1H3/t18-/m0/s1. The third-order valence-electron chi connectivity index (χ3n) is 5.43. The summed E-state index contributed by atoms with van der Waals surface area (Å²) < 4.78 is 6.80. The molecule has 2 aromatic heterocycles. The van der Waals surface area contributed by atoms with Crippen LogP contribution in [-0.4, -0.2) is 40.8 Å². The minimum atomic E-state index is -0.102. The van der Waals surface area contributed by atoms with E-state index in [1.54, 1.807) is 35.3 Å². The number of nitrogens with zero attached hydrogens (tertiary/aromatic N) is 3. The van der Waals surface area contributed by atoms with Gasteiger partial charge in [0.2, 0.25) is 5.91 Å². The number of carbonyl (C=O) groups is 1. The van der Waals surface area contributed by atoms with Crippen LogP contribution < -0.4 is 10.3 Å². The second-order valence-electron chi connectivity index (χ2n) is 7.59. The van der Waals surface area contributed by atoms with E-state index in [0.717, 1.165) is 41.3 Å². The Morgan fingerprint density at radius 2 is 2.13 bits per heavy atom. The van der Waals surface area contributed by atoms with Crippen LogP contribution in [0.15, 0.2) is 58.7 Å². The Morgan fingerprint density at radius 1 is 1.23 bits per heavy atom. The number of thiophene rings is 1. The largest absolute Gasteiger partial charge is 0.497 e. The molecule has 0 aliphatic carbocycles. The third-order valence-corrected chi connectivity index (χ3v) is 6.32. The minimum absolute atomic E-state index is 0.102. The highest BCUT2D eigenvalue weighted by Crippen LogP contribution is 2.23. The molecule has 3 heterocycles. The Balaban J connectivity index is 1.42. The maximum absolute atomic E-state index is 12.8. The van der Waals surface area contributed by atoms with Crippen molar-refractivity contribution >= 4 is 17.2 Å². The Labute approximate surface area is 179 Å². The van der Waals surface area contributed by atoms with Crippen molar-refractivity contribution in [2.24, 2.45) is 5.92 Å². The smallest absolute Gasteiger partial charge is 0.266 e. The number of aromatic nitrogens is 2. The van der Waals surface area contributed by atoms with Crippen LogP contribution in [0.25, 0.3) is 10.6 Å². The number of hydrogen-bond acceptors (Lipinski definition) is 5. The highest BCUT2D eigenvalue weighted by molar-refractivity contribution is 7.13. The molecule has 0 radical (unpaired) electrons. The van der Waals surface area contributed by atoms with Gasteiger partial charge in [0, 0.05) is 25.7 Å². The molecule has 1 saturated heterocycles. The molecular weight excluding hydrogens is 398 g/mol. The normalized spacial score (nSPS) is 16.4. The molecule has 1 aliphatic rings. The molecule has 6 nitrogen and oxygen atoms in total. The van der Waals surface area contributed by atoms with Crippen molar-refractivity contribution in [1.29, 1.82) is 0 Å². The van der Waals surface area contributed by atoms with Gasteiger partial charge in [-0.15, -0.1) is 11.3 Å². The summed E-state index contributed by atoms with van der Waals surface area (Å²) in [5.41, 5.74) is 1.66. The number of benzene rings is 1. The van der Waals surface area contributed by atoms with E-state index in [1.807, 2.05) is 46.7 Å². The van der Waals surface area contributed by atoms with E-state index >= 15 is 0 Å². The summed E-state index contributed by atoms with van der Waals surface area (Å²) in [6, 6.07) is 15.0. The molecular formula is C23H25N3O3S. The fourth-order valence-corrected chi connectivity index (χ4v) is 4.58. The predicted octanol–water partition coefficient (Wildman–Crippen LogP) is 3.46. The first kappa shape index (κ1) is 20.3. The summed E-state index contributed by atoms with van der Waals surface area (Å²) >= 11 is 1.60. The van der Waals surface area contributed by atoms with E-state index in [2.05, 4.69) is 5.10 Å². The van der Waals surface area contributed by atoms with Crippen molar-refractivity contribution in [2.75, 3.05) is 20.2 Å². The summed E-state index contributed by atoms with van der Waals surface area (Å²) in [5, 5.41) is 6.56. The van der Waals surface area contributed by atoms with Crippen molar-refractivity contribution < 1.29 is 9.53 Å². The van der Waals surface area contributed by atoms with Gasteiger partial charge in [-0.1, -0.05) is 18.2 Å². The van der Waals surface area contributed by atoms with Gasteiger partial charge in [-0.25, -0.2) is 4.68 Å². The van der Waals surface area contributed by atoms with Gasteiger partial charge in [-0.2, -0.15) is 5.10 Å². The van der Waals surface area contributed by atoms with Crippen molar-refractivity contribution in [3.05, 3.63) is 69.8 Å². The number of hydrogen-bond donors (Lipinski definition) is 0. The first-order valence-electron chi connectivity index (χ1n) is 10.1. The lowest BCUT2D eigenvalue weighted by Gasteiger charge is -2.33. The van der Waals surface area contributed by atoms with Gasteiger partial charge >= 0.3 is 0 Å². The van der Waals surface area contributed by atoms with Crippen LogP contribution in [0.3, 0.4) is 0 Å². The zero-order chi connectivity index (χ0) is 20.9. The van der Waals surface area contributed by atoms with Crippen LogP contribution in [0.2, 0.25) is 0 Å². The van der Waals surface area contributed by atoms with E-state index in [-0.39, 0.29) is 17.4 Å². The van der Waals surface area contributed by atoms with E-state index in [9.17, 15) is 9.59 Å². The van der Waals surface area contributed by atoms with Crippen molar-refractivity contribution in [3.63, 3.8) is 0 Å². The highest BCUT2D eigenvalue weighted by Gasteiger charge is 2.24. The first-order valence-corrected chi connectivity index (χ1v) is 11.0. The summed E-state index contributed by atoms with van der Waals surface area (Å²) in [4.78, 5) is 28.1. The number of likely N-dealkylation sites (tertiary alicyclic amines) is 1. The lowest BCUT2D eigenvalue weighted by atomic mass is 9.97. The Kier molecular flexibility index (Phi) is 6.28. The Hall–Kier alpha value is -2.93. The van der Waals surface area contributed by atoms with Gasteiger partial charge in [0.25, 0.3) is 5.56 Å². The fourth-order valence-electron chi connectivity index (χ4n) is 3.89. The third kappa shape index (κ3) is 4.79. The van der Waals surface area contributed by atoms with Gasteiger partial charge in [0.1, 0.15) is 11.4 Å². The fraction of sp³-hybridized carbons (Fsp3) is 0.348. The van der Waals surface area contributed by atoms with Gasteiger partial charge in [0.05, 0.1) is 18.4 Å². The van der Waals surface area contributed by atoms with Crippen molar-refractivity contribution in [3.8, 4) is 16.3 Å². The summed E-state index contributed by atoms with van der Waals surface area (Å²) in [7, 11) is 1.62. The van der Waals surface area contributed by atoms with Crippen LogP contribution in [0.5, 0.6) is 5.75 Å². The number of ether oxygens (including phenoxy) is 1. The van der Waals surface area contributed by atoms with E-state index in [1.165, 1.54) is 0 Å². The number of rotatable bonds is 6. The van der Waals surface area contributed by atoms with Gasteiger partial charge in [0.15, 0.2) is 0 Å². The number of methoxy groups -OCH3 is 1. The van der Waals surface area contributed by atoms with Gasteiger partial charge in [-0.3, -0.25) is 9.59 Å². The van der Waals surface area contributed by atoms with Crippen LogP contribution in [0.1, 0.15) is 18.4 Å². The molecule has 1 atom stereocenters. The number of carbonyl (C=O) groups excluding carboxylic acids is 1. The van der Waals surface area contributed by atoms with Crippen LogP contribution in [0, 0.1) is 5.92 Å². The monoisotopic (exact) mass is 423 g/mol. The SMILES string of the molecule is COc1cccc(CC(=O)N2CCC[C@H](Cn3nc(-c4cccs4)ccc3=O)C2)c1. The molecule has 156 valence electrons. The molecule has 0 bridgehead atoms. The maximum atomic E-state index is 12.8. The second-order valence-corrected chi connectivity index (χ2v) is 8.54. The zero-order valence-electron chi connectivity index (χ0n) is 17.0. The van der Waals surface area contributed by atoms with Gasteiger partial charge in [-0.05, 0) is 54.0 Å². The maximum Gasteiger partial charge on any atom is 0.266 e. The molecule has 30 heavy (non-hydrogen) atoms. The van der Waals surface area contributed by atoms with E-state index < -0.39 is 0 Å². The van der Waals surface area contributed by atoms with Crippen molar-refractivity contribution in [1.82, 2.24) is 14.7 Å². The minimum Gasteiger partial charge on any atom is -0.497 e. The van der Waals surface area contributed by atoms with E-state index in [4.69, 9.17) is 4.74 Å². The Morgan fingerprint density at radius 3 is 2.93 bits per heavy atom. The number of amides is 1.